The molecule has 0 unspecified atom stereocenters. The number of aromatic nitrogens is 2. The smallest absolute Gasteiger partial charge is 0.243 e. The Morgan fingerprint density at radius 2 is 1.85 bits per heavy atom. The van der Waals surface area contributed by atoms with E-state index in [2.05, 4.69) is 15.5 Å². The van der Waals surface area contributed by atoms with Crippen LogP contribution in [0.5, 0.6) is 0 Å². The molecule has 1 aromatic carbocycles. The lowest BCUT2D eigenvalue weighted by atomic mass is 10.2. The van der Waals surface area contributed by atoms with E-state index in [0.717, 1.165) is 24.9 Å². The highest BCUT2D eigenvalue weighted by atomic mass is 32.2. The number of nitrogens with zero attached hydrogens (tertiary/aromatic N) is 4. The van der Waals surface area contributed by atoms with E-state index in [4.69, 9.17) is 4.42 Å². The summed E-state index contributed by atoms with van der Waals surface area (Å²) < 4.78 is 33.1. The lowest BCUT2D eigenvalue weighted by Gasteiger charge is -2.26. The molecule has 148 valence electrons. The highest BCUT2D eigenvalue weighted by Gasteiger charge is 2.26. The van der Waals surface area contributed by atoms with Crippen molar-refractivity contribution >= 4 is 21.4 Å². The minimum absolute atomic E-state index is 0.303. The van der Waals surface area contributed by atoms with Crippen molar-refractivity contribution in [3.63, 3.8) is 0 Å². The number of hydrogen-bond acceptors (Lipinski definition) is 7. The van der Waals surface area contributed by atoms with Gasteiger partial charge in [0.1, 0.15) is 0 Å². The van der Waals surface area contributed by atoms with Crippen molar-refractivity contribution in [1.29, 1.82) is 0 Å². The second-order valence-electron chi connectivity index (χ2n) is 6.83. The Morgan fingerprint density at radius 3 is 2.48 bits per heavy atom. The molecule has 0 amide bonds. The van der Waals surface area contributed by atoms with E-state index in [1.165, 1.54) is 0 Å². The van der Waals surface area contributed by atoms with Crippen LogP contribution in [0.4, 0.5) is 11.4 Å². The third-order valence-electron chi connectivity index (χ3n) is 4.64. The first-order chi connectivity index (χ1) is 12.9. The Hall–Kier alpha value is -2.13. The van der Waals surface area contributed by atoms with Gasteiger partial charge in [-0.1, -0.05) is 13.3 Å². The van der Waals surface area contributed by atoms with E-state index < -0.39 is 10.0 Å². The van der Waals surface area contributed by atoms with Crippen molar-refractivity contribution < 1.29 is 12.8 Å². The summed E-state index contributed by atoms with van der Waals surface area (Å²) in [6.45, 7) is 3.45. The van der Waals surface area contributed by atoms with Crippen LogP contribution in [0.1, 0.15) is 38.0 Å². The SMILES string of the molecule is CCc1nnc(CNc2cc(S(=O)(=O)N3CCCCC3)ccc2N(C)C)o1. The fourth-order valence-corrected chi connectivity index (χ4v) is 4.68. The molecule has 0 atom stereocenters. The van der Waals surface area contributed by atoms with E-state index in [9.17, 15) is 8.42 Å². The summed E-state index contributed by atoms with van der Waals surface area (Å²) >= 11 is 0. The summed E-state index contributed by atoms with van der Waals surface area (Å²) in [5, 5.41) is 11.2. The first kappa shape index (κ1) is 19.6. The molecule has 3 rings (SSSR count). The quantitative estimate of drug-likeness (QED) is 0.772. The highest BCUT2D eigenvalue weighted by molar-refractivity contribution is 7.89. The topological polar surface area (TPSA) is 91.6 Å². The molecular weight excluding hydrogens is 366 g/mol. The molecule has 0 radical (unpaired) electrons. The van der Waals surface area contributed by atoms with Gasteiger partial charge < -0.3 is 14.6 Å². The van der Waals surface area contributed by atoms with Crippen molar-refractivity contribution in [2.45, 2.75) is 44.0 Å². The zero-order chi connectivity index (χ0) is 19.4. The van der Waals surface area contributed by atoms with Crippen molar-refractivity contribution in [2.75, 3.05) is 37.4 Å². The normalized spacial score (nSPS) is 15.7. The molecule has 1 aromatic heterocycles. The number of rotatable bonds is 7. The summed E-state index contributed by atoms with van der Waals surface area (Å²) in [6.07, 6.45) is 3.59. The van der Waals surface area contributed by atoms with Gasteiger partial charge in [0.15, 0.2) is 0 Å². The number of anilines is 2. The van der Waals surface area contributed by atoms with Crippen molar-refractivity contribution in [1.82, 2.24) is 14.5 Å². The first-order valence-corrected chi connectivity index (χ1v) is 10.7. The summed E-state index contributed by atoms with van der Waals surface area (Å²) in [5.41, 5.74) is 1.61. The first-order valence-electron chi connectivity index (χ1n) is 9.28. The number of benzene rings is 1. The third kappa shape index (κ3) is 4.41. The highest BCUT2D eigenvalue weighted by Crippen LogP contribution is 2.30. The number of sulfonamides is 1. The predicted molar refractivity (Wildman–Crippen MR) is 104 cm³/mol. The Morgan fingerprint density at radius 1 is 1.15 bits per heavy atom. The summed E-state index contributed by atoms with van der Waals surface area (Å²) in [4.78, 5) is 2.24. The van der Waals surface area contributed by atoms with Gasteiger partial charge in [0, 0.05) is 33.6 Å². The second-order valence-corrected chi connectivity index (χ2v) is 8.77. The summed E-state index contributed by atoms with van der Waals surface area (Å²) in [7, 11) is 0.349. The zero-order valence-corrected chi connectivity index (χ0v) is 16.9. The number of hydrogen-bond donors (Lipinski definition) is 1. The van der Waals surface area contributed by atoms with Crippen molar-refractivity contribution in [3.05, 3.63) is 30.0 Å². The minimum Gasteiger partial charge on any atom is -0.423 e. The Labute approximate surface area is 160 Å². The van der Waals surface area contributed by atoms with E-state index in [0.29, 0.717) is 48.4 Å². The standard InChI is InChI=1S/C18H27N5O3S/c1-4-17-20-21-18(26-17)13-19-15-12-14(8-9-16(15)22(2)3)27(24,25)23-10-6-5-7-11-23/h8-9,12,19H,4-7,10-11,13H2,1-3H3. The maximum absolute atomic E-state index is 13.0. The van der Waals surface area contributed by atoms with Crippen LogP contribution < -0.4 is 10.2 Å². The molecule has 8 nitrogen and oxygen atoms in total. The maximum atomic E-state index is 13.0. The summed E-state index contributed by atoms with van der Waals surface area (Å²) in [5.74, 6) is 1.06. The molecule has 0 bridgehead atoms. The fourth-order valence-electron chi connectivity index (χ4n) is 3.14. The van der Waals surface area contributed by atoms with E-state index >= 15 is 0 Å². The Bertz CT molecular complexity index is 873. The molecule has 9 heteroatoms. The van der Waals surface area contributed by atoms with Crippen LogP contribution in [-0.2, 0) is 23.0 Å². The van der Waals surface area contributed by atoms with Gasteiger partial charge in [-0.2, -0.15) is 4.31 Å². The number of nitrogens with one attached hydrogen (secondary N) is 1. The van der Waals surface area contributed by atoms with E-state index in [1.54, 1.807) is 16.4 Å². The van der Waals surface area contributed by atoms with Gasteiger partial charge in [-0.05, 0) is 31.0 Å². The summed E-state index contributed by atoms with van der Waals surface area (Å²) in [6, 6.07) is 5.19. The average Bonchev–Trinajstić information content (AvgIpc) is 3.15. The van der Waals surface area contributed by atoms with Crippen LogP contribution in [0.25, 0.3) is 0 Å². The van der Waals surface area contributed by atoms with Gasteiger partial charge in [-0.3, -0.25) is 0 Å². The molecule has 0 aliphatic carbocycles. The monoisotopic (exact) mass is 393 g/mol. The Balaban J connectivity index is 1.85. The molecule has 1 saturated heterocycles. The van der Waals surface area contributed by atoms with Crippen LogP contribution >= 0.6 is 0 Å². The van der Waals surface area contributed by atoms with E-state index in [1.807, 2.05) is 32.0 Å². The van der Waals surface area contributed by atoms with Gasteiger partial charge in [0.2, 0.25) is 21.8 Å². The molecule has 1 N–H and O–H groups in total. The molecule has 27 heavy (non-hydrogen) atoms. The van der Waals surface area contributed by atoms with Crippen LogP contribution in [0, 0.1) is 0 Å². The molecule has 2 heterocycles. The number of piperidine rings is 1. The zero-order valence-electron chi connectivity index (χ0n) is 16.1. The van der Waals surface area contributed by atoms with Gasteiger partial charge in [-0.25, -0.2) is 8.42 Å². The molecule has 1 aliphatic heterocycles. The third-order valence-corrected chi connectivity index (χ3v) is 6.54. The van der Waals surface area contributed by atoms with Crippen molar-refractivity contribution in [3.8, 4) is 0 Å². The molecule has 1 aliphatic rings. The van der Waals surface area contributed by atoms with Crippen molar-refractivity contribution in [2.24, 2.45) is 0 Å². The van der Waals surface area contributed by atoms with Crippen LogP contribution in [0.2, 0.25) is 0 Å². The molecule has 2 aromatic rings. The van der Waals surface area contributed by atoms with Gasteiger partial charge in [0.25, 0.3) is 0 Å². The lowest BCUT2D eigenvalue weighted by molar-refractivity contribution is 0.346. The number of aryl methyl sites for hydroxylation is 1. The second kappa shape index (κ2) is 8.26. The Kier molecular flexibility index (Phi) is 6.01. The van der Waals surface area contributed by atoms with Gasteiger partial charge >= 0.3 is 0 Å². The van der Waals surface area contributed by atoms with Crippen LogP contribution in [0.3, 0.4) is 0 Å². The minimum atomic E-state index is -3.49. The molecule has 0 spiro atoms. The van der Waals surface area contributed by atoms with Crippen LogP contribution in [-0.4, -0.2) is 50.1 Å². The lowest BCUT2D eigenvalue weighted by Crippen LogP contribution is -2.35. The molecule has 1 fully saturated rings. The van der Waals surface area contributed by atoms with E-state index in [-0.39, 0.29) is 0 Å². The maximum Gasteiger partial charge on any atom is 0.243 e. The molecule has 0 saturated carbocycles. The predicted octanol–water partition coefficient (Wildman–Crippen LogP) is 2.48. The van der Waals surface area contributed by atoms with Gasteiger partial charge in [0.05, 0.1) is 22.8 Å². The average molecular weight is 394 g/mol. The fraction of sp³-hybridized carbons (Fsp3) is 0.556. The largest absolute Gasteiger partial charge is 0.423 e. The van der Waals surface area contributed by atoms with Gasteiger partial charge in [-0.15, -0.1) is 10.2 Å². The van der Waals surface area contributed by atoms with Crippen LogP contribution in [0.15, 0.2) is 27.5 Å². The molecular formula is C18H27N5O3S.